The van der Waals surface area contributed by atoms with Crippen LogP contribution < -0.4 is 0 Å². The Morgan fingerprint density at radius 2 is 2.27 bits per heavy atom. The standard InChI is InChI=1S/C10H5BrINO2/c11-3-9(15)10-6(4-13)1-8(12)2-7(10)5-14/h1-2,5H,3H2. The summed E-state index contributed by atoms with van der Waals surface area (Å²) in [5, 5.41) is 8.97. The topological polar surface area (TPSA) is 57.9 Å². The number of ketones is 1. The highest BCUT2D eigenvalue weighted by Gasteiger charge is 2.16. The molecule has 0 spiro atoms. The number of hydrogen-bond acceptors (Lipinski definition) is 3. The molecule has 0 aromatic heterocycles. The van der Waals surface area contributed by atoms with Gasteiger partial charge in [-0.25, -0.2) is 0 Å². The van der Waals surface area contributed by atoms with Crippen molar-refractivity contribution in [2.24, 2.45) is 0 Å². The number of benzene rings is 1. The highest BCUT2D eigenvalue weighted by molar-refractivity contribution is 14.1. The second kappa shape index (κ2) is 5.37. The third-order valence-electron chi connectivity index (χ3n) is 1.78. The van der Waals surface area contributed by atoms with Gasteiger partial charge in [0, 0.05) is 14.7 Å². The average Bonchev–Trinajstić information content (AvgIpc) is 2.26. The molecular weight excluding hydrogens is 373 g/mol. The summed E-state index contributed by atoms with van der Waals surface area (Å²) in [7, 11) is 0. The minimum Gasteiger partial charge on any atom is -0.298 e. The van der Waals surface area contributed by atoms with E-state index in [1.54, 1.807) is 12.1 Å². The van der Waals surface area contributed by atoms with E-state index < -0.39 is 0 Å². The lowest BCUT2D eigenvalue weighted by Crippen LogP contribution is -2.08. The molecule has 0 aliphatic heterocycles. The maximum Gasteiger partial charge on any atom is 0.175 e. The van der Waals surface area contributed by atoms with Crippen LogP contribution in [-0.2, 0) is 0 Å². The highest BCUT2D eigenvalue weighted by Crippen LogP contribution is 2.19. The van der Waals surface area contributed by atoms with Crippen LogP contribution in [0.5, 0.6) is 0 Å². The molecular formula is C10H5BrINO2. The lowest BCUT2D eigenvalue weighted by atomic mass is 9.99. The number of alkyl halides is 1. The van der Waals surface area contributed by atoms with Crippen LogP contribution in [0, 0.1) is 14.9 Å². The highest BCUT2D eigenvalue weighted by atomic mass is 127. The van der Waals surface area contributed by atoms with Gasteiger partial charge in [-0.05, 0) is 34.7 Å². The molecule has 15 heavy (non-hydrogen) atoms. The molecule has 0 unspecified atom stereocenters. The third kappa shape index (κ3) is 2.63. The van der Waals surface area contributed by atoms with Gasteiger partial charge in [0.05, 0.1) is 17.0 Å². The van der Waals surface area contributed by atoms with Gasteiger partial charge in [-0.2, -0.15) is 5.26 Å². The van der Waals surface area contributed by atoms with E-state index in [9.17, 15) is 9.59 Å². The molecule has 0 saturated heterocycles. The largest absolute Gasteiger partial charge is 0.298 e. The predicted octanol–water partition coefficient (Wildman–Crippen LogP) is 2.55. The number of hydrogen-bond donors (Lipinski definition) is 0. The number of halogens is 2. The van der Waals surface area contributed by atoms with Crippen molar-refractivity contribution in [2.45, 2.75) is 0 Å². The number of rotatable bonds is 3. The third-order valence-corrected chi connectivity index (χ3v) is 2.91. The van der Waals surface area contributed by atoms with Gasteiger partial charge >= 0.3 is 0 Å². The second-order valence-electron chi connectivity index (χ2n) is 2.70. The monoisotopic (exact) mass is 377 g/mol. The van der Waals surface area contributed by atoms with Gasteiger partial charge in [0.2, 0.25) is 0 Å². The summed E-state index contributed by atoms with van der Waals surface area (Å²) in [6.45, 7) is 0. The first-order valence-corrected chi connectivity index (χ1v) is 6.12. The van der Waals surface area contributed by atoms with E-state index in [2.05, 4.69) is 15.9 Å². The van der Waals surface area contributed by atoms with Gasteiger partial charge in [0.15, 0.2) is 12.1 Å². The van der Waals surface area contributed by atoms with Crippen molar-refractivity contribution in [3.8, 4) is 6.07 Å². The van der Waals surface area contributed by atoms with Gasteiger partial charge in [-0.1, -0.05) is 15.9 Å². The van der Waals surface area contributed by atoms with Crippen molar-refractivity contribution in [3.63, 3.8) is 0 Å². The van der Waals surface area contributed by atoms with Crippen molar-refractivity contribution in [3.05, 3.63) is 32.4 Å². The van der Waals surface area contributed by atoms with Crippen molar-refractivity contribution in [1.82, 2.24) is 0 Å². The van der Waals surface area contributed by atoms with E-state index in [-0.39, 0.29) is 27.8 Å². The normalized spacial score (nSPS) is 9.40. The van der Waals surface area contributed by atoms with Crippen LogP contribution in [0.3, 0.4) is 0 Å². The predicted molar refractivity (Wildman–Crippen MR) is 67.4 cm³/mol. The quantitative estimate of drug-likeness (QED) is 0.352. The summed E-state index contributed by atoms with van der Waals surface area (Å²) in [6.07, 6.45) is 0.596. The lowest BCUT2D eigenvalue weighted by molar-refractivity contribution is 0.101. The first-order chi connectivity index (χ1) is 7.13. The zero-order valence-electron chi connectivity index (χ0n) is 7.46. The van der Waals surface area contributed by atoms with Crippen molar-refractivity contribution >= 4 is 50.6 Å². The summed E-state index contributed by atoms with van der Waals surface area (Å²) in [6, 6.07) is 5.10. The number of nitriles is 1. The molecule has 0 heterocycles. The number of nitrogens with zero attached hydrogens (tertiary/aromatic N) is 1. The van der Waals surface area contributed by atoms with Crippen LogP contribution in [0.25, 0.3) is 0 Å². The van der Waals surface area contributed by atoms with E-state index in [1.807, 2.05) is 28.7 Å². The number of aldehydes is 1. The van der Waals surface area contributed by atoms with Gasteiger partial charge in [-0.3, -0.25) is 9.59 Å². The Morgan fingerprint density at radius 1 is 1.60 bits per heavy atom. The van der Waals surface area contributed by atoms with Crippen LogP contribution >= 0.6 is 38.5 Å². The minimum absolute atomic E-state index is 0.100. The summed E-state index contributed by atoms with van der Waals surface area (Å²) >= 11 is 5.02. The Labute approximate surface area is 109 Å². The molecule has 3 nitrogen and oxygen atoms in total. The molecule has 0 aliphatic carbocycles. The Morgan fingerprint density at radius 3 is 2.73 bits per heavy atom. The Hall–Kier alpha value is -0.740. The lowest BCUT2D eigenvalue weighted by Gasteiger charge is -2.05. The van der Waals surface area contributed by atoms with Gasteiger partial charge in [0.1, 0.15) is 0 Å². The fourth-order valence-corrected chi connectivity index (χ4v) is 2.11. The van der Waals surface area contributed by atoms with Crippen LogP contribution in [0.2, 0.25) is 0 Å². The molecule has 0 amide bonds. The molecule has 0 bridgehead atoms. The smallest absolute Gasteiger partial charge is 0.175 e. The van der Waals surface area contributed by atoms with Crippen LogP contribution in [0.1, 0.15) is 26.3 Å². The average molecular weight is 378 g/mol. The first-order valence-electron chi connectivity index (χ1n) is 3.92. The Kier molecular flexibility index (Phi) is 4.42. The first kappa shape index (κ1) is 12.3. The van der Waals surface area contributed by atoms with E-state index in [1.165, 1.54) is 0 Å². The molecule has 0 radical (unpaired) electrons. The molecule has 1 aromatic rings. The van der Waals surface area contributed by atoms with Crippen LogP contribution in [0.4, 0.5) is 0 Å². The number of carbonyl (C=O) groups is 2. The molecule has 0 saturated carbocycles. The number of carbonyl (C=O) groups excluding carboxylic acids is 2. The van der Waals surface area contributed by atoms with Gasteiger partial charge < -0.3 is 0 Å². The minimum atomic E-state index is -0.259. The maximum atomic E-state index is 11.5. The van der Waals surface area contributed by atoms with Crippen LogP contribution in [-0.4, -0.2) is 17.4 Å². The fraction of sp³-hybridized carbons (Fsp3) is 0.100. The molecule has 0 fully saturated rings. The summed E-state index contributed by atoms with van der Waals surface area (Å²) in [4.78, 5) is 22.3. The molecule has 0 aliphatic rings. The zero-order chi connectivity index (χ0) is 11.4. The summed E-state index contributed by atoms with van der Waals surface area (Å²) < 4.78 is 0.761. The summed E-state index contributed by atoms with van der Waals surface area (Å²) in [5.41, 5.74) is 0.709. The maximum absolute atomic E-state index is 11.5. The van der Waals surface area contributed by atoms with Crippen molar-refractivity contribution in [1.29, 1.82) is 5.26 Å². The summed E-state index contributed by atoms with van der Waals surface area (Å²) in [5.74, 6) is -0.259. The molecule has 0 atom stereocenters. The van der Waals surface area contributed by atoms with Crippen molar-refractivity contribution in [2.75, 3.05) is 5.33 Å². The van der Waals surface area contributed by atoms with Gasteiger partial charge in [0.25, 0.3) is 0 Å². The molecule has 1 aromatic carbocycles. The fourth-order valence-electron chi connectivity index (χ4n) is 1.19. The molecule has 5 heteroatoms. The van der Waals surface area contributed by atoms with Gasteiger partial charge in [-0.15, -0.1) is 0 Å². The molecule has 76 valence electrons. The van der Waals surface area contributed by atoms with Crippen molar-refractivity contribution < 1.29 is 9.59 Å². The Balaban J connectivity index is 3.52. The molecule has 0 N–H and O–H groups in total. The SMILES string of the molecule is N#Cc1cc(I)cc(C=O)c1C(=O)CBr. The van der Waals surface area contributed by atoms with E-state index in [4.69, 9.17) is 5.26 Å². The van der Waals surface area contributed by atoms with E-state index in [0.717, 1.165) is 3.57 Å². The van der Waals surface area contributed by atoms with Crippen LogP contribution in [0.15, 0.2) is 12.1 Å². The van der Waals surface area contributed by atoms with E-state index >= 15 is 0 Å². The molecule has 1 rings (SSSR count). The van der Waals surface area contributed by atoms with E-state index in [0.29, 0.717) is 6.29 Å². The second-order valence-corrected chi connectivity index (χ2v) is 4.51. The zero-order valence-corrected chi connectivity index (χ0v) is 11.2. The number of Topliss-reactive ketones (excluding diaryl/α,β-unsaturated/α-hetero) is 1. The Bertz CT molecular complexity index is 465.